The molecule has 0 aliphatic heterocycles. The van der Waals surface area contributed by atoms with Crippen LogP contribution in [0.3, 0.4) is 0 Å². The molecule has 2 aliphatic rings. The summed E-state index contributed by atoms with van der Waals surface area (Å²) < 4.78 is 5.16. The van der Waals surface area contributed by atoms with Gasteiger partial charge in [-0.25, -0.2) is 0 Å². The third-order valence-electron chi connectivity index (χ3n) is 5.51. The van der Waals surface area contributed by atoms with Crippen molar-refractivity contribution in [3.63, 3.8) is 0 Å². The van der Waals surface area contributed by atoms with Crippen molar-refractivity contribution in [2.45, 2.75) is 38.5 Å². The quantitative estimate of drug-likeness (QED) is 0.738. The minimum absolute atomic E-state index is 0.570. The summed E-state index contributed by atoms with van der Waals surface area (Å²) in [5, 5.41) is 5.87. The van der Waals surface area contributed by atoms with Crippen molar-refractivity contribution in [3.05, 3.63) is 22.4 Å². The predicted molar refractivity (Wildman–Crippen MR) is 85.3 cm³/mol. The van der Waals surface area contributed by atoms with Gasteiger partial charge in [0.25, 0.3) is 0 Å². The Balaban J connectivity index is 1.58. The topological polar surface area (TPSA) is 21.3 Å². The van der Waals surface area contributed by atoms with Crippen molar-refractivity contribution >= 4 is 11.3 Å². The molecule has 0 spiro atoms. The van der Waals surface area contributed by atoms with Crippen LogP contribution in [0.4, 0.5) is 0 Å². The van der Waals surface area contributed by atoms with Crippen molar-refractivity contribution in [2.75, 3.05) is 26.8 Å². The van der Waals surface area contributed by atoms with E-state index in [9.17, 15) is 0 Å². The number of methoxy groups -OCH3 is 1. The molecular weight excluding hydrogens is 266 g/mol. The average Bonchev–Trinajstić information content (AvgIpc) is 3.18. The molecule has 1 aromatic heterocycles. The molecule has 3 rings (SSSR count). The van der Waals surface area contributed by atoms with Crippen LogP contribution in [0.15, 0.2) is 17.5 Å². The average molecular weight is 293 g/mol. The number of hydrogen-bond acceptors (Lipinski definition) is 3. The summed E-state index contributed by atoms with van der Waals surface area (Å²) in [5.41, 5.74) is 0.570. The standard InChI is InChI=1S/C17H27NOS/c1-19-9-8-18-13-17(7-6-16-3-2-10-20-16)12-14-4-5-15(17)11-14/h2-3,10,14-15,18H,4-9,11-13H2,1H3. The highest BCUT2D eigenvalue weighted by Crippen LogP contribution is 2.57. The van der Waals surface area contributed by atoms with Crippen molar-refractivity contribution in [3.8, 4) is 0 Å². The number of aryl methyl sites for hydroxylation is 1. The summed E-state index contributed by atoms with van der Waals surface area (Å²) in [4.78, 5) is 1.56. The Morgan fingerprint density at radius 3 is 3.05 bits per heavy atom. The molecule has 0 amide bonds. The lowest BCUT2D eigenvalue weighted by Crippen LogP contribution is -2.40. The van der Waals surface area contributed by atoms with Gasteiger partial charge in [0.15, 0.2) is 0 Å². The normalized spacial score (nSPS) is 32.0. The zero-order valence-corrected chi connectivity index (χ0v) is 13.4. The number of nitrogens with one attached hydrogen (secondary N) is 1. The van der Waals surface area contributed by atoms with Gasteiger partial charge in [-0.15, -0.1) is 11.3 Å². The lowest BCUT2D eigenvalue weighted by Gasteiger charge is -2.38. The number of rotatable bonds is 8. The molecule has 0 radical (unpaired) electrons. The molecule has 112 valence electrons. The molecule has 1 aromatic rings. The van der Waals surface area contributed by atoms with Crippen LogP contribution in [0.2, 0.25) is 0 Å². The summed E-state index contributed by atoms with van der Waals surface area (Å²) in [7, 11) is 1.78. The minimum atomic E-state index is 0.570. The molecule has 3 unspecified atom stereocenters. The highest BCUT2D eigenvalue weighted by Gasteiger charge is 2.49. The monoisotopic (exact) mass is 293 g/mol. The van der Waals surface area contributed by atoms with E-state index in [0.29, 0.717) is 5.41 Å². The van der Waals surface area contributed by atoms with Gasteiger partial charge in [-0.3, -0.25) is 0 Å². The Labute approximate surface area is 126 Å². The maximum Gasteiger partial charge on any atom is 0.0587 e. The summed E-state index contributed by atoms with van der Waals surface area (Å²) in [6, 6.07) is 4.48. The van der Waals surface area contributed by atoms with Crippen molar-refractivity contribution < 1.29 is 4.74 Å². The SMILES string of the molecule is COCCNCC1(CCc2cccs2)CC2CCC1C2. The summed E-state index contributed by atoms with van der Waals surface area (Å²) in [5.74, 6) is 2.00. The van der Waals surface area contributed by atoms with Crippen LogP contribution in [0.25, 0.3) is 0 Å². The van der Waals surface area contributed by atoms with E-state index < -0.39 is 0 Å². The molecule has 3 heteroatoms. The maximum absolute atomic E-state index is 5.16. The molecule has 20 heavy (non-hydrogen) atoms. The molecule has 2 fully saturated rings. The Bertz CT molecular complexity index is 405. The van der Waals surface area contributed by atoms with Crippen LogP contribution in [-0.2, 0) is 11.2 Å². The number of ether oxygens (including phenoxy) is 1. The molecule has 0 aromatic carbocycles. The lowest BCUT2D eigenvalue weighted by molar-refractivity contribution is 0.135. The van der Waals surface area contributed by atoms with E-state index in [1.54, 1.807) is 12.0 Å². The lowest BCUT2D eigenvalue weighted by atomic mass is 9.70. The second kappa shape index (κ2) is 6.59. The highest BCUT2D eigenvalue weighted by atomic mass is 32.1. The third kappa shape index (κ3) is 3.10. The second-order valence-electron chi connectivity index (χ2n) is 6.69. The fraction of sp³-hybridized carbons (Fsp3) is 0.765. The number of thiophene rings is 1. The highest BCUT2D eigenvalue weighted by molar-refractivity contribution is 7.09. The van der Waals surface area contributed by atoms with Crippen LogP contribution >= 0.6 is 11.3 Å². The van der Waals surface area contributed by atoms with Gasteiger partial charge < -0.3 is 10.1 Å². The molecule has 1 N–H and O–H groups in total. The first-order chi connectivity index (χ1) is 9.82. The fourth-order valence-electron chi connectivity index (χ4n) is 4.51. The first-order valence-electron chi connectivity index (χ1n) is 8.04. The van der Waals surface area contributed by atoms with E-state index in [4.69, 9.17) is 4.74 Å². The number of fused-ring (bicyclic) bond motifs is 2. The Kier molecular flexibility index (Phi) is 4.79. The Morgan fingerprint density at radius 2 is 2.40 bits per heavy atom. The molecule has 1 heterocycles. The van der Waals surface area contributed by atoms with Gasteiger partial charge in [0.1, 0.15) is 0 Å². The zero-order chi connectivity index (χ0) is 13.8. The van der Waals surface area contributed by atoms with Gasteiger partial charge in [-0.05, 0) is 60.8 Å². The van der Waals surface area contributed by atoms with Crippen molar-refractivity contribution in [1.29, 1.82) is 0 Å². The largest absolute Gasteiger partial charge is 0.383 e. The first kappa shape index (κ1) is 14.6. The van der Waals surface area contributed by atoms with Crippen molar-refractivity contribution in [1.82, 2.24) is 5.32 Å². The zero-order valence-electron chi connectivity index (χ0n) is 12.6. The molecule has 3 atom stereocenters. The smallest absolute Gasteiger partial charge is 0.0587 e. The third-order valence-corrected chi connectivity index (χ3v) is 6.45. The van der Waals surface area contributed by atoms with Crippen molar-refractivity contribution in [2.24, 2.45) is 17.3 Å². The Morgan fingerprint density at radius 1 is 1.45 bits per heavy atom. The van der Waals surface area contributed by atoms with Crippen LogP contribution in [0.5, 0.6) is 0 Å². The van der Waals surface area contributed by atoms with Crippen LogP contribution in [0, 0.1) is 17.3 Å². The summed E-state index contributed by atoms with van der Waals surface area (Å²) in [6.07, 6.45) is 8.56. The first-order valence-corrected chi connectivity index (χ1v) is 8.92. The van der Waals surface area contributed by atoms with Gasteiger partial charge in [-0.2, -0.15) is 0 Å². The van der Waals surface area contributed by atoms with Gasteiger partial charge in [0.2, 0.25) is 0 Å². The van der Waals surface area contributed by atoms with Gasteiger partial charge >= 0.3 is 0 Å². The van der Waals surface area contributed by atoms with E-state index in [0.717, 1.165) is 25.0 Å². The second-order valence-corrected chi connectivity index (χ2v) is 7.72. The predicted octanol–water partition coefficient (Wildman–Crippen LogP) is 3.72. The van der Waals surface area contributed by atoms with E-state index in [1.165, 1.54) is 45.1 Å². The van der Waals surface area contributed by atoms with Crippen LogP contribution in [0.1, 0.15) is 37.0 Å². The van der Waals surface area contributed by atoms with Crippen LogP contribution < -0.4 is 5.32 Å². The van der Waals surface area contributed by atoms with E-state index in [2.05, 4.69) is 22.8 Å². The van der Waals surface area contributed by atoms with Crippen LogP contribution in [-0.4, -0.2) is 26.8 Å². The molecule has 2 nitrogen and oxygen atoms in total. The van der Waals surface area contributed by atoms with Gasteiger partial charge in [0.05, 0.1) is 6.61 Å². The fourth-order valence-corrected chi connectivity index (χ4v) is 5.22. The molecule has 2 saturated carbocycles. The van der Waals surface area contributed by atoms with Gasteiger partial charge in [0, 0.05) is 25.1 Å². The molecule has 2 bridgehead atoms. The summed E-state index contributed by atoms with van der Waals surface area (Å²) in [6.45, 7) is 3.02. The number of hydrogen-bond donors (Lipinski definition) is 1. The minimum Gasteiger partial charge on any atom is -0.383 e. The molecule has 0 saturated heterocycles. The molecule has 2 aliphatic carbocycles. The van der Waals surface area contributed by atoms with E-state index in [-0.39, 0.29) is 0 Å². The maximum atomic E-state index is 5.16. The summed E-state index contributed by atoms with van der Waals surface area (Å²) >= 11 is 1.92. The molecular formula is C17H27NOS. The Hall–Kier alpha value is -0.380. The van der Waals surface area contributed by atoms with Gasteiger partial charge in [-0.1, -0.05) is 12.5 Å². The van der Waals surface area contributed by atoms with E-state index in [1.807, 2.05) is 11.3 Å². The van der Waals surface area contributed by atoms with E-state index >= 15 is 0 Å².